The van der Waals surface area contributed by atoms with Gasteiger partial charge in [-0.1, -0.05) is 24.3 Å². The summed E-state index contributed by atoms with van der Waals surface area (Å²) in [7, 11) is 0. The quantitative estimate of drug-likeness (QED) is 0.772. The van der Waals surface area contributed by atoms with E-state index in [4.69, 9.17) is 4.74 Å². The summed E-state index contributed by atoms with van der Waals surface area (Å²) >= 11 is 0. The third kappa shape index (κ3) is 4.64. The Bertz CT molecular complexity index is 959. The molecule has 6 heteroatoms. The van der Waals surface area contributed by atoms with Gasteiger partial charge in [-0.15, -0.1) is 0 Å². The molecule has 0 bridgehead atoms. The smallest absolute Gasteiger partial charge is 0.246 e. The first-order valence-electron chi connectivity index (χ1n) is 10.5. The van der Waals surface area contributed by atoms with E-state index in [1.165, 1.54) is 0 Å². The van der Waals surface area contributed by atoms with E-state index in [-0.39, 0.29) is 5.91 Å². The fraction of sp³-hybridized carbons (Fsp3) is 0.333. The van der Waals surface area contributed by atoms with Crippen molar-refractivity contribution in [1.29, 1.82) is 0 Å². The van der Waals surface area contributed by atoms with Crippen molar-refractivity contribution in [3.63, 3.8) is 0 Å². The van der Waals surface area contributed by atoms with E-state index in [2.05, 4.69) is 41.2 Å². The Morgan fingerprint density at radius 3 is 2.73 bits per heavy atom. The highest BCUT2D eigenvalue weighted by Gasteiger charge is 2.22. The number of nitrogens with zero attached hydrogens (tertiary/aromatic N) is 3. The molecule has 1 fully saturated rings. The number of para-hydroxylation sites is 1. The van der Waals surface area contributed by atoms with Crippen molar-refractivity contribution in [2.24, 2.45) is 0 Å². The molecule has 0 saturated carbocycles. The van der Waals surface area contributed by atoms with Crippen molar-refractivity contribution in [2.75, 3.05) is 43.0 Å². The molecule has 0 radical (unpaired) electrons. The van der Waals surface area contributed by atoms with E-state index in [0.717, 1.165) is 41.5 Å². The van der Waals surface area contributed by atoms with Crippen LogP contribution in [0.25, 0.3) is 6.08 Å². The Labute approximate surface area is 177 Å². The van der Waals surface area contributed by atoms with Crippen molar-refractivity contribution >= 4 is 23.5 Å². The third-order valence-corrected chi connectivity index (χ3v) is 5.22. The van der Waals surface area contributed by atoms with E-state index in [9.17, 15) is 4.79 Å². The van der Waals surface area contributed by atoms with Crippen LogP contribution in [-0.2, 0) is 4.79 Å². The molecule has 0 unspecified atom stereocenters. The summed E-state index contributed by atoms with van der Waals surface area (Å²) in [6.45, 7) is 7.61. The number of nitrogens with one attached hydrogen (secondary N) is 1. The summed E-state index contributed by atoms with van der Waals surface area (Å²) in [5, 5.41) is 3.45. The first-order valence-corrected chi connectivity index (χ1v) is 10.5. The first-order chi connectivity index (χ1) is 14.6. The van der Waals surface area contributed by atoms with E-state index >= 15 is 0 Å². The van der Waals surface area contributed by atoms with Crippen LogP contribution in [0.2, 0.25) is 0 Å². The fourth-order valence-electron chi connectivity index (χ4n) is 3.72. The number of aromatic nitrogens is 1. The minimum absolute atomic E-state index is 0.0379. The van der Waals surface area contributed by atoms with Gasteiger partial charge in [0.2, 0.25) is 5.91 Å². The number of fused-ring (bicyclic) bond motifs is 1. The SMILES string of the molecule is CC(C)Nc1cccnc1N1CCN(C(=O)/C=C/C2=Cc3ccccc3OC2)CC1. The van der Waals surface area contributed by atoms with Gasteiger partial charge in [-0.2, -0.15) is 0 Å². The standard InChI is InChI=1S/C24H28N4O2/c1-18(2)26-21-7-5-11-25-24(21)28-14-12-27(13-15-28)23(29)10-9-19-16-20-6-3-4-8-22(20)30-17-19/h3-11,16,18,26H,12-15,17H2,1-2H3/b10-9+. The topological polar surface area (TPSA) is 57.7 Å². The highest BCUT2D eigenvalue weighted by Crippen LogP contribution is 2.26. The molecule has 0 atom stereocenters. The second-order valence-corrected chi connectivity index (χ2v) is 7.87. The third-order valence-electron chi connectivity index (χ3n) is 5.22. The summed E-state index contributed by atoms with van der Waals surface area (Å²) in [4.78, 5) is 21.4. The molecule has 2 aliphatic heterocycles. The van der Waals surface area contributed by atoms with Crippen LogP contribution < -0.4 is 15.0 Å². The Morgan fingerprint density at radius 1 is 1.13 bits per heavy atom. The van der Waals surface area contributed by atoms with Crippen LogP contribution in [0.5, 0.6) is 5.75 Å². The number of pyridine rings is 1. The molecule has 0 aliphatic carbocycles. The zero-order valence-electron chi connectivity index (χ0n) is 17.5. The van der Waals surface area contributed by atoms with E-state index in [0.29, 0.717) is 25.7 Å². The number of carbonyl (C=O) groups is 1. The molecular weight excluding hydrogens is 376 g/mol. The van der Waals surface area contributed by atoms with E-state index in [1.807, 2.05) is 47.5 Å². The highest BCUT2D eigenvalue weighted by atomic mass is 16.5. The van der Waals surface area contributed by atoms with Gasteiger partial charge in [0.15, 0.2) is 5.82 Å². The molecule has 2 aromatic rings. The number of ether oxygens (including phenoxy) is 1. The molecule has 156 valence electrons. The first kappa shape index (κ1) is 20.0. The van der Waals surface area contributed by atoms with Gasteiger partial charge in [0.05, 0.1) is 5.69 Å². The minimum atomic E-state index is 0.0379. The van der Waals surface area contributed by atoms with Crippen LogP contribution in [0.15, 0.2) is 60.3 Å². The van der Waals surface area contributed by atoms with Crippen molar-refractivity contribution in [3.05, 3.63) is 65.9 Å². The molecule has 1 amide bonds. The van der Waals surface area contributed by atoms with Crippen LogP contribution in [0.1, 0.15) is 19.4 Å². The van der Waals surface area contributed by atoms with Crippen LogP contribution in [0, 0.1) is 0 Å². The molecule has 4 rings (SSSR count). The van der Waals surface area contributed by atoms with Crippen LogP contribution in [-0.4, -0.2) is 54.6 Å². The lowest BCUT2D eigenvalue weighted by atomic mass is 10.1. The van der Waals surface area contributed by atoms with Gasteiger partial charge in [-0.25, -0.2) is 4.98 Å². The van der Waals surface area contributed by atoms with Gasteiger partial charge < -0.3 is 19.9 Å². The molecule has 1 saturated heterocycles. The minimum Gasteiger partial charge on any atom is -0.488 e. The maximum absolute atomic E-state index is 12.7. The number of anilines is 2. The van der Waals surface area contributed by atoms with E-state index < -0.39 is 0 Å². The molecular formula is C24H28N4O2. The zero-order valence-corrected chi connectivity index (χ0v) is 17.5. The Morgan fingerprint density at radius 2 is 1.93 bits per heavy atom. The Hall–Kier alpha value is -3.28. The van der Waals surface area contributed by atoms with Crippen molar-refractivity contribution in [2.45, 2.75) is 19.9 Å². The highest BCUT2D eigenvalue weighted by molar-refractivity contribution is 5.88. The number of amides is 1. The van der Waals surface area contributed by atoms with Crippen molar-refractivity contribution in [3.8, 4) is 5.75 Å². The van der Waals surface area contributed by atoms with E-state index in [1.54, 1.807) is 6.08 Å². The summed E-state index contributed by atoms with van der Waals surface area (Å²) in [6, 6.07) is 12.3. The fourth-order valence-corrected chi connectivity index (χ4v) is 3.72. The van der Waals surface area contributed by atoms with Gasteiger partial charge in [-0.3, -0.25) is 4.79 Å². The number of benzene rings is 1. The lowest BCUT2D eigenvalue weighted by Gasteiger charge is -2.36. The normalized spacial score (nSPS) is 16.3. The summed E-state index contributed by atoms with van der Waals surface area (Å²) < 4.78 is 5.75. The van der Waals surface area contributed by atoms with Gasteiger partial charge >= 0.3 is 0 Å². The van der Waals surface area contributed by atoms with Gasteiger partial charge in [0.1, 0.15) is 12.4 Å². The number of piperazine rings is 1. The van der Waals surface area contributed by atoms with Gasteiger partial charge in [-0.05, 0) is 43.7 Å². The monoisotopic (exact) mass is 404 g/mol. The van der Waals surface area contributed by atoms with Crippen LogP contribution >= 0.6 is 0 Å². The summed E-state index contributed by atoms with van der Waals surface area (Å²) in [5.41, 5.74) is 3.08. The zero-order chi connectivity index (χ0) is 20.9. The maximum Gasteiger partial charge on any atom is 0.246 e. The molecule has 1 aromatic heterocycles. The largest absolute Gasteiger partial charge is 0.488 e. The van der Waals surface area contributed by atoms with Crippen LogP contribution in [0.4, 0.5) is 11.5 Å². The molecule has 30 heavy (non-hydrogen) atoms. The molecule has 0 spiro atoms. The summed E-state index contributed by atoms with van der Waals surface area (Å²) in [5.74, 6) is 1.88. The number of hydrogen-bond donors (Lipinski definition) is 1. The molecule has 1 N–H and O–H groups in total. The van der Waals surface area contributed by atoms with Crippen molar-refractivity contribution in [1.82, 2.24) is 9.88 Å². The predicted octanol–water partition coefficient (Wildman–Crippen LogP) is 3.58. The Balaban J connectivity index is 1.35. The number of rotatable bonds is 5. The molecule has 2 aliphatic rings. The molecule has 6 nitrogen and oxygen atoms in total. The van der Waals surface area contributed by atoms with Crippen molar-refractivity contribution < 1.29 is 9.53 Å². The lowest BCUT2D eigenvalue weighted by Crippen LogP contribution is -2.48. The Kier molecular flexibility index (Phi) is 6.02. The van der Waals surface area contributed by atoms with Gasteiger partial charge in [0, 0.05) is 50.1 Å². The molecule has 3 heterocycles. The summed E-state index contributed by atoms with van der Waals surface area (Å²) in [6.07, 6.45) is 7.42. The van der Waals surface area contributed by atoms with Crippen LogP contribution in [0.3, 0.4) is 0 Å². The maximum atomic E-state index is 12.7. The lowest BCUT2D eigenvalue weighted by molar-refractivity contribution is -0.126. The average molecular weight is 405 g/mol. The second-order valence-electron chi connectivity index (χ2n) is 7.87. The average Bonchev–Trinajstić information content (AvgIpc) is 2.77. The predicted molar refractivity (Wildman–Crippen MR) is 121 cm³/mol. The molecule has 1 aromatic carbocycles. The number of carbonyl (C=O) groups excluding carboxylic acids is 1. The van der Waals surface area contributed by atoms with Gasteiger partial charge in [0.25, 0.3) is 0 Å². The number of hydrogen-bond acceptors (Lipinski definition) is 5. The second kappa shape index (κ2) is 9.03.